The van der Waals surface area contributed by atoms with Crippen LogP contribution in [-0.2, 0) is 40.0 Å². The average Bonchev–Trinajstić information content (AvgIpc) is 3.97. The minimum atomic E-state index is -2.55. The van der Waals surface area contributed by atoms with Gasteiger partial charge in [0.15, 0.2) is 29.8 Å². The largest absolute Gasteiger partial charge is 0.469 e. The van der Waals surface area contributed by atoms with Crippen molar-refractivity contribution in [2.45, 2.75) is 49.0 Å². The van der Waals surface area contributed by atoms with E-state index in [2.05, 4.69) is 10.1 Å². The van der Waals surface area contributed by atoms with Crippen molar-refractivity contribution in [3.8, 4) is 0 Å². The topological polar surface area (TPSA) is 203 Å². The Bertz CT molecular complexity index is 2390. The summed E-state index contributed by atoms with van der Waals surface area (Å²) >= 11 is 0. The van der Waals surface area contributed by atoms with Gasteiger partial charge in [0.2, 0.25) is 11.8 Å². The molecule has 304 valence electrons. The summed E-state index contributed by atoms with van der Waals surface area (Å²) < 4.78 is 26.0. The minimum absolute atomic E-state index is 0.0140. The monoisotopic (exact) mass is 807 g/mol. The number of nitrogens with two attached hydrogens (primary N) is 2. The SMILES string of the molecule is N/C(=N\OCc1ccccc1)c1ncn([C@@H]2OC3=C[C@@](C(=O)OC(c4ccccc4)c4ccccc4)([C@@H](O)C(=O)OC(c4ccccc4)c4ccccc4)O[C@H]3[C@H]2O)c1N. The third-order valence-corrected chi connectivity index (χ3v) is 10.2. The van der Waals surface area contributed by atoms with Crippen molar-refractivity contribution < 1.29 is 43.6 Å². The third kappa shape index (κ3) is 7.94. The van der Waals surface area contributed by atoms with Gasteiger partial charge in [-0.25, -0.2) is 14.6 Å². The van der Waals surface area contributed by atoms with Crippen LogP contribution < -0.4 is 11.5 Å². The molecule has 1 saturated heterocycles. The smallest absolute Gasteiger partial charge is 0.347 e. The second-order valence-electron chi connectivity index (χ2n) is 14.1. The zero-order valence-corrected chi connectivity index (χ0v) is 32.0. The molecule has 0 radical (unpaired) electrons. The molecule has 2 aliphatic rings. The number of aliphatic hydroxyl groups excluding tert-OH is 2. The van der Waals surface area contributed by atoms with Crippen LogP contribution in [0.4, 0.5) is 5.82 Å². The van der Waals surface area contributed by atoms with E-state index < -0.39 is 54.3 Å². The number of ether oxygens (including phenoxy) is 4. The lowest BCUT2D eigenvalue weighted by atomic mass is 9.95. The normalized spacial score (nSPS) is 20.2. The maximum absolute atomic E-state index is 14.7. The number of benzene rings is 5. The molecule has 2 aliphatic heterocycles. The maximum Gasteiger partial charge on any atom is 0.347 e. The zero-order valence-electron chi connectivity index (χ0n) is 32.0. The van der Waals surface area contributed by atoms with Crippen molar-refractivity contribution in [3.63, 3.8) is 0 Å². The van der Waals surface area contributed by atoms with E-state index in [0.29, 0.717) is 22.3 Å². The Kier molecular flexibility index (Phi) is 11.4. The fourth-order valence-corrected chi connectivity index (χ4v) is 7.16. The van der Waals surface area contributed by atoms with Gasteiger partial charge >= 0.3 is 11.9 Å². The Morgan fingerprint density at radius 2 is 1.25 bits per heavy atom. The predicted molar refractivity (Wildman–Crippen MR) is 218 cm³/mol. The van der Waals surface area contributed by atoms with Crippen LogP contribution >= 0.6 is 0 Å². The first-order valence-electron chi connectivity index (χ1n) is 19.1. The van der Waals surface area contributed by atoms with Crippen LogP contribution in [0.3, 0.4) is 0 Å². The van der Waals surface area contributed by atoms with Crippen LogP contribution in [0.15, 0.2) is 175 Å². The van der Waals surface area contributed by atoms with Gasteiger partial charge in [-0.15, -0.1) is 0 Å². The summed E-state index contributed by atoms with van der Waals surface area (Å²) in [5, 5.41) is 27.7. The summed E-state index contributed by atoms with van der Waals surface area (Å²) in [6, 6.07) is 45.2. The molecule has 0 aliphatic carbocycles. The van der Waals surface area contributed by atoms with E-state index in [1.54, 1.807) is 97.1 Å². The number of carbonyl (C=O) groups is 2. The second kappa shape index (κ2) is 17.3. The Hall–Kier alpha value is -7.26. The van der Waals surface area contributed by atoms with Gasteiger partial charge in [-0.3, -0.25) is 4.57 Å². The number of nitrogens with zero attached hydrogens (tertiary/aromatic N) is 3. The molecule has 14 heteroatoms. The van der Waals surface area contributed by atoms with Crippen LogP contribution in [0.25, 0.3) is 0 Å². The fraction of sp³-hybridized carbons (Fsp3) is 0.174. The lowest BCUT2D eigenvalue weighted by Crippen LogP contribution is -2.55. The molecule has 0 unspecified atom stereocenters. The summed E-state index contributed by atoms with van der Waals surface area (Å²) in [4.78, 5) is 38.6. The van der Waals surface area contributed by atoms with Crippen molar-refractivity contribution in [1.29, 1.82) is 0 Å². The molecule has 6 aromatic rings. The van der Waals surface area contributed by atoms with Gasteiger partial charge in [0.25, 0.3) is 0 Å². The molecule has 0 spiro atoms. The average molecular weight is 808 g/mol. The number of aliphatic hydroxyl groups is 2. The van der Waals surface area contributed by atoms with Crippen LogP contribution in [-0.4, -0.2) is 61.5 Å². The molecule has 8 rings (SSSR count). The molecule has 6 N–H and O–H groups in total. The summed E-state index contributed by atoms with van der Waals surface area (Å²) in [5.74, 6) is -2.54. The molecular weight excluding hydrogens is 767 g/mol. The number of nitrogen functional groups attached to an aromatic ring is 1. The molecule has 5 atom stereocenters. The van der Waals surface area contributed by atoms with Crippen LogP contribution in [0.1, 0.15) is 51.9 Å². The summed E-state index contributed by atoms with van der Waals surface area (Å²) in [7, 11) is 0. The molecule has 14 nitrogen and oxygen atoms in total. The van der Waals surface area contributed by atoms with E-state index in [9.17, 15) is 19.8 Å². The standard InChI is InChI=1S/C46H41N5O9/c47-41(50-56-27-29-16-6-1-7-17-29)35-42(48)51(28-49-35)43-36(52)39-34(57-43)26-46(60-39,45(55)59-38(32-22-12-4-13-23-32)33-24-14-5-15-25-33)40(53)44(54)58-37(30-18-8-2-9-19-30)31-20-10-3-11-21-31/h1-26,28,36-40,43,52-53H,27,48H2,(H2,47,50)/t36-,39-,40+,43-,46+/m1/s1. The minimum Gasteiger partial charge on any atom is -0.469 e. The van der Waals surface area contributed by atoms with Crippen molar-refractivity contribution >= 4 is 23.6 Å². The highest BCUT2D eigenvalue weighted by atomic mass is 16.6. The van der Waals surface area contributed by atoms with E-state index in [4.69, 9.17) is 35.3 Å². The van der Waals surface area contributed by atoms with Crippen LogP contribution in [0, 0.1) is 0 Å². The molecule has 0 amide bonds. The molecule has 1 aromatic heterocycles. The number of hydrogen-bond acceptors (Lipinski definition) is 12. The van der Waals surface area contributed by atoms with E-state index in [1.165, 1.54) is 10.9 Å². The maximum atomic E-state index is 14.7. The number of hydrogen-bond donors (Lipinski definition) is 4. The van der Waals surface area contributed by atoms with Gasteiger partial charge in [0, 0.05) is 6.08 Å². The molecule has 5 aromatic carbocycles. The van der Waals surface area contributed by atoms with Crippen molar-refractivity contribution in [3.05, 3.63) is 203 Å². The number of carbonyl (C=O) groups excluding carboxylic acids is 2. The van der Waals surface area contributed by atoms with Gasteiger partial charge in [-0.05, 0) is 27.8 Å². The molecule has 1 fully saturated rings. The highest BCUT2D eigenvalue weighted by Gasteiger charge is 2.62. The van der Waals surface area contributed by atoms with E-state index >= 15 is 0 Å². The number of fused-ring (bicyclic) bond motifs is 1. The Balaban J connectivity index is 1.11. The zero-order chi connectivity index (χ0) is 41.6. The third-order valence-electron chi connectivity index (χ3n) is 10.2. The lowest BCUT2D eigenvalue weighted by molar-refractivity contribution is -0.201. The number of rotatable bonds is 14. The highest BCUT2D eigenvalue weighted by molar-refractivity contribution is 5.99. The van der Waals surface area contributed by atoms with E-state index in [0.717, 1.165) is 11.6 Å². The van der Waals surface area contributed by atoms with Gasteiger partial charge in [0.1, 0.15) is 36.7 Å². The number of oxime groups is 1. The second-order valence-corrected chi connectivity index (χ2v) is 14.1. The highest BCUT2D eigenvalue weighted by Crippen LogP contribution is 2.46. The van der Waals surface area contributed by atoms with Crippen LogP contribution in [0.5, 0.6) is 0 Å². The first kappa shape index (κ1) is 39.6. The molecular formula is C46H41N5O9. The van der Waals surface area contributed by atoms with Gasteiger partial charge in [0.05, 0.1) is 0 Å². The fourth-order valence-electron chi connectivity index (χ4n) is 7.16. The molecule has 3 heterocycles. The predicted octanol–water partition coefficient (Wildman–Crippen LogP) is 5.24. The van der Waals surface area contributed by atoms with E-state index in [-0.39, 0.29) is 29.7 Å². The number of anilines is 1. The van der Waals surface area contributed by atoms with Gasteiger partial charge < -0.3 is 45.5 Å². The lowest BCUT2D eigenvalue weighted by Gasteiger charge is -2.33. The first-order valence-corrected chi connectivity index (χ1v) is 19.1. The molecule has 0 bridgehead atoms. The summed E-state index contributed by atoms with van der Waals surface area (Å²) in [6.45, 7) is 0.153. The van der Waals surface area contributed by atoms with Crippen molar-refractivity contribution in [2.75, 3.05) is 5.73 Å². The number of aromatic nitrogens is 2. The first-order chi connectivity index (χ1) is 29.2. The number of esters is 2. The van der Waals surface area contributed by atoms with E-state index in [1.807, 2.05) is 54.6 Å². The molecule has 60 heavy (non-hydrogen) atoms. The summed E-state index contributed by atoms with van der Waals surface area (Å²) in [6.07, 6.45) is -6.00. The Morgan fingerprint density at radius 3 is 1.75 bits per heavy atom. The van der Waals surface area contributed by atoms with Crippen molar-refractivity contribution in [2.24, 2.45) is 10.9 Å². The number of amidine groups is 1. The Morgan fingerprint density at radius 1 is 0.767 bits per heavy atom. The summed E-state index contributed by atoms with van der Waals surface area (Å²) in [5.41, 5.74) is 13.4. The van der Waals surface area contributed by atoms with Gasteiger partial charge in [-0.2, -0.15) is 0 Å². The molecule has 0 saturated carbocycles. The quantitative estimate of drug-likeness (QED) is 0.0483. The van der Waals surface area contributed by atoms with Crippen molar-refractivity contribution in [1.82, 2.24) is 9.55 Å². The number of imidazole rings is 1. The van der Waals surface area contributed by atoms with Crippen LogP contribution in [0.2, 0.25) is 0 Å². The Labute approximate surface area is 344 Å². The van der Waals surface area contributed by atoms with Gasteiger partial charge in [-0.1, -0.05) is 157 Å².